The van der Waals surface area contributed by atoms with Crippen LogP contribution < -0.4 is 5.32 Å². The zero-order chi connectivity index (χ0) is 14.5. The molecule has 1 N–H and O–H groups in total. The zero-order valence-electron chi connectivity index (χ0n) is 11.4. The molecule has 1 saturated heterocycles. The van der Waals surface area contributed by atoms with Crippen molar-refractivity contribution < 1.29 is 9.53 Å². The van der Waals surface area contributed by atoms with Gasteiger partial charge in [-0.05, 0) is 0 Å². The van der Waals surface area contributed by atoms with E-state index in [-0.39, 0.29) is 11.6 Å². The van der Waals surface area contributed by atoms with Crippen LogP contribution in [0.5, 0.6) is 0 Å². The first kappa shape index (κ1) is 14.1. The summed E-state index contributed by atoms with van der Waals surface area (Å²) in [6.07, 6.45) is 4.44. The van der Waals surface area contributed by atoms with Crippen molar-refractivity contribution in [1.82, 2.24) is 19.9 Å². The summed E-state index contributed by atoms with van der Waals surface area (Å²) in [6, 6.07) is 0. The summed E-state index contributed by atoms with van der Waals surface area (Å²) >= 11 is 1.41. The van der Waals surface area contributed by atoms with Gasteiger partial charge in [-0.3, -0.25) is 20.0 Å². The number of morpholine rings is 1. The van der Waals surface area contributed by atoms with Crippen LogP contribution in [0, 0.1) is 0 Å². The number of ether oxygens (including phenoxy) is 1. The Balaban J connectivity index is 1.58. The van der Waals surface area contributed by atoms with E-state index in [1.165, 1.54) is 29.9 Å². The molecule has 0 saturated carbocycles. The Hall–Kier alpha value is -1.90. The monoisotopic (exact) mass is 305 g/mol. The highest BCUT2D eigenvalue weighted by Gasteiger charge is 2.14. The SMILES string of the molecule is O=C(Nc1nc(CN2CCOCC2)cs1)c1cnccn1. The number of nitrogens with one attached hydrogen (secondary N) is 1. The van der Waals surface area contributed by atoms with E-state index in [0.717, 1.165) is 38.5 Å². The molecule has 1 aliphatic rings. The molecule has 3 rings (SSSR count). The topological polar surface area (TPSA) is 80.2 Å². The normalized spacial score (nSPS) is 15.8. The standard InChI is InChI=1S/C13H15N5O2S/c19-12(11-7-14-1-2-15-11)17-13-16-10(9-21-13)8-18-3-5-20-6-4-18/h1-2,7,9H,3-6,8H2,(H,16,17,19). The Bertz CT molecular complexity index is 598. The lowest BCUT2D eigenvalue weighted by Crippen LogP contribution is -2.35. The van der Waals surface area contributed by atoms with Crippen LogP contribution in [0.4, 0.5) is 5.13 Å². The quantitative estimate of drug-likeness (QED) is 0.908. The largest absolute Gasteiger partial charge is 0.379 e. The second kappa shape index (κ2) is 6.70. The third-order valence-corrected chi connectivity index (χ3v) is 3.86. The molecule has 8 heteroatoms. The maximum Gasteiger partial charge on any atom is 0.277 e. The first-order valence-corrected chi connectivity index (χ1v) is 7.51. The van der Waals surface area contributed by atoms with Crippen molar-refractivity contribution in [3.05, 3.63) is 35.4 Å². The maximum atomic E-state index is 11.9. The van der Waals surface area contributed by atoms with Crippen LogP contribution in [-0.2, 0) is 11.3 Å². The Morgan fingerprint density at radius 1 is 1.38 bits per heavy atom. The molecule has 1 amide bonds. The van der Waals surface area contributed by atoms with E-state index in [9.17, 15) is 4.79 Å². The van der Waals surface area contributed by atoms with Crippen molar-refractivity contribution in [3.63, 3.8) is 0 Å². The molecule has 110 valence electrons. The van der Waals surface area contributed by atoms with Gasteiger partial charge in [0.05, 0.1) is 25.1 Å². The van der Waals surface area contributed by atoms with Crippen molar-refractivity contribution in [3.8, 4) is 0 Å². The van der Waals surface area contributed by atoms with Gasteiger partial charge in [-0.2, -0.15) is 0 Å². The van der Waals surface area contributed by atoms with Gasteiger partial charge in [0, 0.05) is 37.4 Å². The molecule has 2 aromatic rings. The molecule has 0 unspecified atom stereocenters. The Kier molecular flexibility index (Phi) is 4.49. The van der Waals surface area contributed by atoms with E-state index < -0.39 is 0 Å². The molecule has 2 aromatic heterocycles. The highest BCUT2D eigenvalue weighted by atomic mass is 32.1. The lowest BCUT2D eigenvalue weighted by Gasteiger charge is -2.25. The molecule has 3 heterocycles. The van der Waals surface area contributed by atoms with E-state index in [1.807, 2.05) is 5.38 Å². The molecular formula is C13H15N5O2S. The fraction of sp³-hybridized carbons (Fsp3) is 0.385. The molecule has 0 bridgehead atoms. The molecular weight excluding hydrogens is 290 g/mol. The third-order valence-electron chi connectivity index (χ3n) is 3.06. The number of nitrogens with zero attached hydrogens (tertiary/aromatic N) is 4. The average molecular weight is 305 g/mol. The van der Waals surface area contributed by atoms with E-state index in [4.69, 9.17) is 4.74 Å². The van der Waals surface area contributed by atoms with Gasteiger partial charge < -0.3 is 4.74 Å². The summed E-state index contributed by atoms with van der Waals surface area (Å²) in [5, 5.41) is 5.28. The van der Waals surface area contributed by atoms with Crippen LogP contribution >= 0.6 is 11.3 Å². The zero-order valence-corrected chi connectivity index (χ0v) is 12.2. The number of carbonyl (C=O) groups excluding carboxylic acids is 1. The average Bonchev–Trinajstić information content (AvgIpc) is 2.96. The Labute approximate surface area is 126 Å². The molecule has 1 fully saturated rings. The Morgan fingerprint density at radius 3 is 3.00 bits per heavy atom. The first-order valence-electron chi connectivity index (χ1n) is 6.63. The molecule has 7 nitrogen and oxygen atoms in total. The highest BCUT2D eigenvalue weighted by molar-refractivity contribution is 7.13. The first-order chi connectivity index (χ1) is 10.3. The molecule has 0 radical (unpaired) electrons. The van der Waals surface area contributed by atoms with Gasteiger partial charge >= 0.3 is 0 Å². The van der Waals surface area contributed by atoms with Gasteiger partial charge in [0.15, 0.2) is 5.13 Å². The van der Waals surface area contributed by atoms with E-state index in [0.29, 0.717) is 5.13 Å². The van der Waals surface area contributed by atoms with Gasteiger partial charge in [-0.15, -0.1) is 11.3 Å². The predicted molar refractivity (Wildman–Crippen MR) is 78.2 cm³/mol. The minimum absolute atomic E-state index is 0.280. The van der Waals surface area contributed by atoms with Gasteiger partial charge in [-0.1, -0.05) is 0 Å². The van der Waals surface area contributed by atoms with Gasteiger partial charge in [0.25, 0.3) is 5.91 Å². The summed E-state index contributed by atoms with van der Waals surface area (Å²) < 4.78 is 5.31. The number of aromatic nitrogens is 3. The van der Waals surface area contributed by atoms with Gasteiger partial charge in [0.2, 0.25) is 0 Å². The predicted octanol–water partition coefficient (Wildman–Crippen LogP) is 1.02. The maximum absolute atomic E-state index is 11.9. The number of hydrogen-bond acceptors (Lipinski definition) is 7. The van der Waals surface area contributed by atoms with Gasteiger partial charge in [0.1, 0.15) is 5.69 Å². The fourth-order valence-electron chi connectivity index (χ4n) is 2.00. The van der Waals surface area contributed by atoms with Crippen LogP contribution in [0.25, 0.3) is 0 Å². The summed E-state index contributed by atoms with van der Waals surface area (Å²) in [7, 11) is 0. The number of thiazole rings is 1. The molecule has 0 spiro atoms. The van der Waals surface area contributed by atoms with E-state index >= 15 is 0 Å². The van der Waals surface area contributed by atoms with Crippen LogP contribution in [0.3, 0.4) is 0 Å². The molecule has 1 aliphatic heterocycles. The van der Waals surface area contributed by atoms with E-state index in [2.05, 4.69) is 25.2 Å². The fourth-order valence-corrected chi connectivity index (χ4v) is 2.70. The van der Waals surface area contributed by atoms with Crippen molar-refractivity contribution in [2.45, 2.75) is 6.54 Å². The van der Waals surface area contributed by atoms with Crippen molar-refractivity contribution in [1.29, 1.82) is 0 Å². The van der Waals surface area contributed by atoms with Crippen LogP contribution in [0.15, 0.2) is 24.0 Å². The lowest BCUT2D eigenvalue weighted by atomic mass is 10.4. The van der Waals surface area contributed by atoms with Crippen LogP contribution in [-0.4, -0.2) is 52.1 Å². The summed E-state index contributed by atoms with van der Waals surface area (Å²) in [5.41, 5.74) is 1.23. The van der Waals surface area contributed by atoms with Crippen molar-refractivity contribution in [2.75, 3.05) is 31.6 Å². The summed E-state index contributed by atoms with van der Waals surface area (Å²) in [4.78, 5) is 26.5. The summed E-state index contributed by atoms with van der Waals surface area (Å²) in [6.45, 7) is 4.14. The molecule has 0 aliphatic carbocycles. The lowest BCUT2D eigenvalue weighted by molar-refractivity contribution is 0.0337. The molecule has 0 aromatic carbocycles. The number of anilines is 1. The Morgan fingerprint density at radius 2 is 2.24 bits per heavy atom. The second-order valence-electron chi connectivity index (χ2n) is 4.58. The smallest absolute Gasteiger partial charge is 0.277 e. The minimum atomic E-state index is -0.296. The number of carbonyl (C=O) groups is 1. The van der Waals surface area contributed by atoms with Crippen molar-refractivity contribution >= 4 is 22.4 Å². The second-order valence-corrected chi connectivity index (χ2v) is 5.44. The molecule has 21 heavy (non-hydrogen) atoms. The molecule has 0 atom stereocenters. The van der Waals surface area contributed by atoms with Crippen LogP contribution in [0.2, 0.25) is 0 Å². The summed E-state index contributed by atoms with van der Waals surface area (Å²) in [5.74, 6) is -0.296. The van der Waals surface area contributed by atoms with E-state index in [1.54, 1.807) is 0 Å². The van der Waals surface area contributed by atoms with Gasteiger partial charge in [-0.25, -0.2) is 9.97 Å². The third kappa shape index (κ3) is 3.81. The van der Waals surface area contributed by atoms with Crippen molar-refractivity contribution in [2.24, 2.45) is 0 Å². The number of rotatable bonds is 4. The number of hydrogen-bond donors (Lipinski definition) is 1. The number of amides is 1. The highest BCUT2D eigenvalue weighted by Crippen LogP contribution is 2.17. The van der Waals surface area contributed by atoms with Crippen LogP contribution in [0.1, 0.15) is 16.2 Å². The minimum Gasteiger partial charge on any atom is -0.379 e.